The number of carbonyl (C=O) groups is 1. The second kappa shape index (κ2) is 9.00. The van der Waals surface area contributed by atoms with Gasteiger partial charge in [0.05, 0.1) is 0 Å². The van der Waals surface area contributed by atoms with Crippen molar-refractivity contribution in [3.05, 3.63) is 28.8 Å². The Morgan fingerprint density at radius 3 is 2.58 bits per heavy atom. The second-order valence-electron chi connectivity index (χ2n) is 12.4. The molecule has 3 aliphatic rings. The number of aryl methyl sites for hydroxylation is 1. The van der Waals surface area contributed by atoms with E-state index in [-0.39, 0.29) is 17.4 Å². The summed E-state index contributed by atoms with van der Waals surface area (Å²) in [7, 11) is 3.78. The zero-order valence-corrected chi connectivity index (χ0v) is 22.1. The molecule has 0 bridgehead atoms. The van der Waals surface area contributed by atoms with Crippen LogP contribution in [0.5, 0.6) is 5.75 Å². The van der Waals surface area contributed by atoms with Gasteiger partial charge in [0.15, 0.2) is 0 Å². The number of hydrogen-bond acceptors (Lipinski definition) is 4. The Hall–Kier alpha value is -1.39. The van der Waals surface area contributed by atoms with Gasteiger partial charge >= 0.3 is 5.97 Å². The molecule has 2 N–H and O–H groups in total. The van der Waals surface area contributed by atoms with Crippen molar-refractivity contribution in [3.8, 4) is 5.75 Å². The molecule has 1 aromatic rings. The normalized spacial score (nSPS) is 33.1. The third-order valence-electron chi connectivity index (χ3n) is 9.95. The van der Waals surface area contributed by atoms with Crippen molar-refractivity contribution in [2.45, 2.75) is 97.4 Å². The van der Waals surface area contributed by atoms with E-state index in [4.69, 9.17) is 4.74 Å². The van der Waals surface area contributed by atoms with E-state index in [2.05, 4.69) is 57.4 Å². The SMILES string of the molecule is CNCCCC(NC)C(=O)Oc1cc(C)c2c(c1)C[C@@H]1[C@@]3(C)CCCC(C)(C)[C@@H]3CC[C@@]21C. The molecule has 0 aliphatic heterocycles. The van der Waals surface area contributed by atoms with E-state index in [0.29, 0.717) is 16.7 Å². The third kappa shape index (κ3) is 4.16. The molecule has 1 unspecified atom stereocenters. The van der Waals surface area contributed by atoms with Crippen molar-refractivity contribution in [1.82, 2.24) is 10.6 Å². The lowest BCUT2D eigenvalue weighted by Gasteiger charge is -2.61. The van der Waals surface area contributed by atoms with Gasteiger partial charge in [-0.05, 0) is 129 Å². The molecule has 1 aromatic carbocycles. The monoisotopic (exact) mass is 454 g/mol. The van der Waals surface area contributed by atoms with Crippen molar-refractivity contribution in [2.24, 2.45) is 22.7 Å². The fourth-order valence-corrected chi connectivity index (χ4v) is 8.54. The van der Waals surface area contributed by atoms with Crippen molar-refractivity contribution >= 4 is 5.97 Å². The van der Waals surface area contributed by atoms with Crippen LogP contribution in [0, 0.1) is 29.6 Å². The Morgan fingerprint density at radius 1 is 1.12 bits per heavy atom. The van der Waals surface area contributed by atoms with Crippen LogP contribution in [0.15, 0.2) is 12.1 Å². The van der Waals surface area contributed by atoms with E-state index in [1.807, 2.05) is 14.1 Å². The summed E-state index contributed by atoms with van der Waals surface area (Å²) in [5, 5.41) is 6.28. The maximum absolute atomic E-state index is 12.9. The van der Waals surface area contributed by atoms with Crippen LogP contribution in [0.4, 0.5) is 0 Å². The van der Waals surface area contributed by atoms with Crippen LogP contribution >= 0.6 is 0 Å². The molecular weight excluding hydrogens is 408 g/mol. The minimum Gasteiger partial charge on any atom is -0.425 e. The molecule has 0 heterocycles. The first-order valence-corrected chi connectivity index (χ1v) is 13.2. The molecular formula is C29H46N2O2. The van der Waals surface area contributed by atoms with Crippen molar-refractivity contribution in [1.29, 1.82) is 0 Å². The van der Waals surface area contributed by atoms with Gasteiger partial charge in [-0.25, -0.2) is 4.79 Å². The maximum atomic E-state index is 12.9. The lowest BCUT2D eigenvalue weighted by Crippen LogP contribution is -2.55. The first-order valence-electron chi connectivity index (χ1n) is 13.2. The fourth-order valence-electron chi connectivity index (χ4n) is 8.54. The molecule has 0 aromatic heterocycles. The molecule has 4 heteroatoms. The minimum absolute atomic E-state index is 0.171. The molecule has 184 valence electrons. The summed E-state index contributed by atoms with van der Waals surface area (Å²) < 4.78 is 5.93. The maximum Gasteiger partial charge on any atom is 0.328 e. The van der Waals surface area contributed by atoms with Gasteiger partial charge in [0.2, 0.25) is 0 Å². The van der Waals surface area contributed by atoms with Crippen LogP contribution in [0.2, 0.25) is 0 Å². The molecule has 4 nitrogen and oxygen atoms in total. The van der Waals surface area contributed by atoms with Crippen molar-refractivity contribution in [3.63, 3.8) is 0 Å². The van der Waals surface area contributed by atoms with Crippen LogP contribution in [0.25, 0.3) is 0 Å². The Bertz CT molecular complexity index is 894. The molecule has 0 saturated heterocycles. The van der Waals surface area contributed by atoms with Crippen molar-refractivity contribution < 1.29 is 9.53 Å². The molecule has 2 saturated carbocycles. The Morgan fingerprint density at radius 2 is 1.88 bits per heavy atom. The second-order valence-corrected chi connectivity index (χ2v) is 12.4. The average molecular weight is 455 g/mol. The van der Waals surface area contributed by atoms with Gasteiger partial charge in [0.25, 0.3) is 0 Å². The lowest BCUT2D eigenvalue weighted by molar-refractivity contribution is -0.136. The Balaban J connectivity index is 1.59. The van der Waals surface area contributed by atoms with Gasteiger partial charge < -0.3 is 15.4 Å². The van der Waals surface area contributed by atoms with Gasteiger partial charge in [0, 0.05) is 0 Å². The van der Waals surface area contributed by atoms with E-state index in [1.165, 1.54) is 43.2 Å². The van der Waals surface area contributed by atoms with E-state index >= 15 is 0 Å². The standard InChI is InChI=1S/C29H46N2O2/c1-19-16-21(33-26(32)22(31-7)10-8-15-30-6)17-20-18-24-28(4)13-9-12-27(2,3)23(28)11-14-29(24,5)25(19)20/h16-17,22-24,30-31H,8-15,18H2,1-7H3/t22?,23-,24+,28-,29+/m0/s1. The molecule has 0 amide bonds. The van der Waals surface area contributed by atoms with Crippen LogP contribution in [-0.2, 0) is 16.6 Å². The van der Waals surface area contributed by atoms with Crippen LogP contribution in [0.1, 0.15) is 89.3 Å². The average Bonchev–Trinajstić information content (AvgIpc) is 3.04. The highest BCUT2D eigenvalue weighted by atomic mass is 16.5. The van der Waals surface area contributed by atoms with Crippen LogP contribution in [0.3, 0.4) is 0 Å². The largest absolute Gasteiger partial charge is 0.425 e. The predicted molar refractivity (Wildman–Crippen MR) is 136 cm³/mol. The highest BCUT2D eigenvalue weighted by Gasteiger charge is 2.61. The molecule has 2 fully saturated rings. The number of fused-ring (bicyclic) bond motifs is 5. The molecule has 33 heavy (non-hydrogen) atoms. The third-order valence-corrected chi connectivity index (χ3v) is 9.95. The molecule has 3 aliphatic carbocycles. The highest BCUT2D eigenvalue weighted by molar-refractivity contribution is 5.78. The van der Waals surface area contributed by atoms with E-state index in [0.717, 1.165) is 37.5 Å². The number of esters is 1. The highest BCUT2D eigenvalue weighted by Crippen LogP contribution is 2.67. The number of hydrogen-bond donors (Lipinski definition) is 2. The summed E-state index contributed by atoms with van der Waals surface area (Å²) >= 11 is 0. The Labute approximate surface area is 201 Å². The predicted octanol–water partition coefficient (Wildman–Crippen LogP) is 5.54. The Kier molecular flexibility index (Phi) is 6.74. The zero-order valence-electron chi connectivity index (χ0n) is 22.1. The molecule has 4 rings (SSSR count). The molecule has 5 atom stereocenters. The zero-order chi connectivity index (χ0) is 24.0. The summed E-state index contributed by atoms with van der Waals surface area (Å²) in [6, 6.07) is 4.04. The van der Waals surface area contributed by atoms with Gasteiger partial charge in [-0.15, -0.1) is 0 Å². The number of benzene rings is 1. The van der Waals surface area contributed by atoms with Crippen LogP contribution in [-0.4, -0.2) is 32.7 Å². The van der Waals surface area contributed by atoms with Gasteiger partial charge in [0.1, 0.15) is 11.8 Å². The van der Waals surface area contributed by atoms with E-state index in [9.17, 15) is 4.79 Å². The van der Waals surface area contributed by atoms with Gasteiger partial charge in [-0.2, -0.15) is 0 Å². The molecule has 0 spiro atoms. The minimum atomic E-state index is -0.267. The number of ether oxygens (including phenoxy) is 1. The van der Waals surface area contributed by atoms with Gasteiger partial charge in [-0.1, -0.05) is 34.1 Å². The number of nitrogens with one attached hydrogen (secondary N) is 2. The summed E-state index contributed by atoms with van der Waals surface area (Å²) in [6.07, 6.45) is 9.52. The summed E-state index contributed by atoms with van der Waals surface area (Å²) in [6.45, 7) is 13.3. The number of likely N-dealkylation sites (N-methyl/N-ethyl adjacent to an activating group) is 1. The van der Waals surface area contributed by atoms with Crippen LogP contribution < -0.4 is 15.4 Å². The fraction of sp³-hybridized carbons (Fsp3) is 0.759. The lowest BCUT2D eigenvalue weighted by atomic mass is 9.43. The summed E-state index contributed by atoms with van der Waals surface area (Å²) in [5.41, 5.74) is 5.34. The number of carbonyl (C=O) groups excluding carboxylic acids is 1. The van der Waals surface area contributed by atoms with E-state index < -0.39 is 0 Å². The summed E-state index contributed by atoms with van der Waals surface area (Å²) in [5.74, 6) is 2.03. The first kappa shape index (κ1) is 24.7. The first-order chi connectivity index (χ1) is 15.6. The topological polar surface area (TPSA) is 50.4 Å². The summed E-state index contributed by atoms with van der Waals surface area (Å²) in [4.78, 5) is 12.9. The van der Waals surface area contributed by atoms with E-state index in [1.54, 1.807) is 5.56 Å². The molecule has 0 radical (unpaired) electrons. The van der Waals surface area contributed by atoms with Gasteiger partial charge in [-0.3, -0.25) is 0 Å². The number of rotatable bonds is 7. The van der Waals surface area contributed by atoms with Crippen molar-refractivity contribution in [2.75, 3.05) is 20.6 Å². The quantitative estimate of drug-likeness (QED) is 0.322. The smallest absolute Gasteiger partial charge is 0.328 e.